The van der Waals surface area contributed by atoms with Crippen LogP contribution in [0.2, 0.25) is 0 Å². The molecule has 42 heavy (non-hydrogen) atoms. The Balaban J connectivity index is 3.30. The number of aliphatic carboxylic acids is 2. The third-order valence-electron chi connectivity index (χ3n) is 8.08. The Morgan fingerprint density at radius 3 is 1.29 bits per heavy atom. The third kappa shape index (κ3) is 34.5. The summed E-state index contributed by atoms with van der Waals surface area (Å²) in [6, 6.07) is 0. The fourth-order valence-electron chi connectivity index (χ4n) is 5.41. The number of carboxylic acids is 2. The SMILES string of the molecule is O=C(O)C=CCCCCCCCCC(O)CCCCCCCCCCCC[C@@H](O)C/C=C\CCCCCCCC(=O)O. The van der Waals surface area contributed by atoms with Crippen LogP contribution in [0.1, 0.15) is 180 Å². The summed E-state index contributed by atoms with van der Waals surface area (Å²) in [6.45, 7) is 0. The second-order valence-corrected chi connectivity index (χ2v) is 12.3. The first-order valence-corrected chi connectivity index (χ1v) is 17.5. The highest BCUT2D eigenvalue weighted by Crippen LogP contribution is 2.16. The van der Waals surface area contributed by atoms with E-state index in [0.717, 1.165) is 103 Å². The van der Waals surface area contributed by atoms with Crippen LogP contribution >= 0.6 is 0 Å². The number of aliphatic hydroxyl groups excluding tert-OH is 2. The minimum Gasteiger partial charge on any atom is -0.481 e. The summed E-state index contributed by atoms with van der Waals surface area (Å²) in [5.41, 5.74) is 0. The Morgan fingerprint density at radius 1 is 0.452 bits per heavy atom. The Morgan fingerprint density at radius 2 is 0.833 bits per heavy atom. The molecule has 0 saturated heterocycles. The largest absolute Gasteiger partial charge is 0.481 e. The number of rotatable bonds is 33. The maximum absolute atomic E-state index is 10.5. The summed E-state index contributed by atoms with van der Waals surface area (Å²) in [5, 5.41) is 37.5. The predicted octanol–water partition coefficient (Wildman–Crippen LogP) is 9.91. The monoisotopic (exact) mass is 594 g/mol. The molecule has 6 nitrogen and oxygen atoms in total. The van der Waals surface area contributed by atoms with Crippen molar-refractivity contribution in [3.63, 3.8) is 0 Å². The number of hydrogen-bond acceptors (Lipinski definition) is 4. The van der Waals surface area contributed by atoms with Crippen molar-refractivity contribution in [1.29, 1.82) is 0 Å². The first-order valence-electron chi connectivity index (χ1n) is 17.5. The quantitative estimate of drug-likeness (QED) is 0.0341. The molecule has 0 aliphatic rings. The molecule has 0 aliphatic heterocycles. The molecule has 2 atom stereocenters. The summed E-state index contributed by atoms with van der Waals surface area (Å²) < 4.78 is 0. The zero-order valence-electron chi connectivity index (χ0n) is 26.9. The molecule has 0 fully saturated rings. The lowest BCUT2D eigenvalue weighted by molar-refractivity contribution is -0.137. The zero-order valence-corrected chi connectivity index (χ0v) is 26.9. The van der Waals surface area contributed by atoms with Crippen molar-refractivity contribution >= 4 is 11.9 Å². The molecule has 0 saturated carbocycles. The van der Waals surface area contributed by atoms with Crippen LogP contribution in [0.25, 0.3) is 0 Å². The van der Waals surface area contributed by atoms with E-state index in [1.54, 1.807) is 6.08 Å². The van der Waals surface area contributed by atoms with Crippen LogP contribution in [0, 0.1) is 0 Å². The zero-order chi connectivity index (χ0) is 30.9. The molecule has 0 heterocycles. The van der Waals surface area contributed by atoms with E-state index in [1.165, 1.54) is 76.7 Å². The van der Waals surface area contributed by atoms with Crippen LogP contribution in [0.3, 0.4) is 0 Å². The van der Waals surface area contributed by atoms with Gasteiger partial charge in [0.1, 0.15) is 0 Å². The van der Waals surface area contributed by atoms with Gasteiger partial charge in [-0.1, -0.05) is 134 Å². The molecule has 246 valence electrons. The summed E-state index contributed by atoms with van der Waals surface area (Å²) in [5.74, 6) is -1.56. The number of carboxylic acid groups (broad SMARTS) is 2. The van der Waals surface area contributed by atoms with Crippen LogP contribution in [-0.2, 0) is 9.59 Å². The van der Waals surface area contributed by atoms with Gasteiger partial charge in [-0.05, 0) is 57.8 Å². The van der Waals surface area contributed by atoms with Crippen LogP contribution in [-0.4, -0.2) is 44.6 Å². The van der Waals surface area contributed by atoms with Crippen molar-refractivity contribution in [3.8, 4) is 0 Å². The standard InChI is InChI=1S/C36H66O6/c37-33(29-23-17-11-5-7-13-19-25-31-35(39)40)27-21-15-9-3-1-2-4-10-16-22-28-34(38)30-24-18-12-6-8-14-20-26-32-36(41)42/h17,23,26,32-34,37-38H,1-16,18-22,24-25,27-31H2,(H,39,40)(H,41,42)/b23-17-,32-26?/t33-,34?/m1/s1. The molecule has 0 radical (unpaired) electrons. The highest BCUT2D eigenvalue weighted by molar-refractivity contribution is 5.79. The summed E-state index contributed by atoms with van der Waals surface area (Å²) >= 11 is 0. The minimum atomic E-state index is -0.867. The molecule has 0 aliphatic carbocycles. The van der Waals surface area contributed by atoms with Crippen LogP contribution in [0.15, 0.2) is 24.3 Å². The fourth-order valence-corrected chi connectivity index (χ4v) is 5.41. The molecule has 0 rings (SSSR count). The number of allylic oxidation sites excluding steroid dienone is 2. The lowest BCUT2D eigenvalue weighted by atomic mass is 10.0. The summed E-state index contributed by atoms with van der Waals surface area (Å²) in [6.07, 6.45) is 37.2. The molecular weight excluding hydrogens is 528 g/mol. The van der Waals surface area contributed by atoms with Crippen molar-refractivity contribution in [2.24, 2.45) is 0 Å². The van der Waals surface area contributed by atoms with Crippen molar-refractivity contribution < 1.29 is 30.0 Å². The Bertz CT molecular complexity index is 659. The molecule has 0 spiro atoms. The van der Waals surface area contributed by atoms with E-state index < -0.39 is 11.9 Å². The molecule has 4 N–H and O–H groups in total. The van der Waals surface area contributed by atoms with E-state index >= 15 is 0 Å². The Hall–Kier alpha value is -1.66. The van der Waals surface area contributed by atoms with Gasteiger partial charge in [-0.2, -0.15) is 0 Å². The third-order valence-corrected chi connectivity index (χ3v) is 8.08. The average molecular weight is 595 g/mol. The topological polar surface area (TPSA) is 115 Å². The van der Waals surface area contributed by atoms with Crippen LogP contribution in [0.4, 0.5) is 0 Å². The number of carbonyl (C=O) groups is 2. The van der Waals surface area contributed by atoms with Crippen LogP contribution < -0.4 is 0 Å². The van der Waals surface area contributed by atoms with Crippen molar-refractivity contribution in [1.82, 2.24) is 0 Å². The van der Waals surface area contributed by atoms with Gasteiger partial charge in [-0.15, -0.1) is 0 Å². The molecule has 0 aromatic carbocycles. The minimum absolute atomic E-state index is 0.139. The maximum Gasteiger partial charge on any atom is 0.327 e. The first kappa shape index (κ1) is 40.3. The van der Waals surface area contributed by atoms with Gasteiger partial charge in [-0.3, -0.25) is 4.79 Å². The van der Waals surface area contributed by atoms with E-state index in [-0.39, 0.29) is 18.6 Å². The van der Waals surface area contributed by atoms with Crippen molar-refractivity contribution in [3.05, 3.63) is 24.3 Å². The molecule has 6 heteroatoms. The maximum atomic E-state index is 10.5. The average Bonchev–Trinajstić information content (AvgIpc) is 2.95. The highest BCUT2D eigenvalue weighted by Gasteiger charge is 2.04. The van der Waals surface area contributed by atoms with Gasteiger partial charge >= 0.3 is 11.9 Å². The number of hydrogen-bond donors (Lipinski definition) is 4. The predicted molar refractivity (Wildman–Crippen MR) is 175 cm³/mol. The van der Waals surface area contributed by atoms with Gasteiger partial charge in [-0.25, -0.2) is 4.79 Å². The van der Waals surface area contributed by atoms with Gasteiger partial charge < -0.3 is 20.4 Å². The smallest absolute Gasteiger partial charge is 0.327 e. The summed E-state index contributed by atoms with van der Waals surface area (Å²) in [7, 11) is 0. The first-order chi connectivity index (χ1) is 20.4. The van der Waals surface area contributed by atoms with E-state index in [2.05, 4.69) is 12.2 Å². The van der Waals surface area contributed by atoms with Gasteiger partial charge in [0.05, 0.1) is 12.2 Å². The number of unbranched alkanes of at least 4 members (excludes halogenated alkanes) is 20. The van der Waals surface area contributed by atoms with Crippen molar-refractivity contribution in [2.45, 2.75) is 192 Å². The van der Waals surface area contributed by atoms with E-state index in [4.69, 9.17) is 10.2 Å². The van der Waals surface area contributed by atoms with Gasteiger partial charge in [0.25, 0.3) is 0 Å². The normalized spacial score (nSPS) is 13.3. The second-order valence-electron chi connectivity index (χ2n) is 12.3. The lowest BCUT2D eigenvalue weighted by Crippen LogP contribution is -2.05. The van der Waals surface area contributed by atoms with Gasteiger partial charge in [0, 0.05) is 12.5 Å². The van der Waals surface area contributed by atoms with Crippen LogP contribution in [0.5, 0.6) is 0 Å². The Labute approximate surface area is 258 Å². The van der Waals surface area contributed by atoms with E-state index in [1.807, 2.05) is 0 Å². The second kappa shape index (κ2) is 32.3. The molecule has 0 aromatic heterocycles. The molecule has 0 aromatic rings. The van der Waals surface area contributed by atoms with Gasteiger partial charge in [0.15, 0.2) is 0 Å². The molecular formula is C36H66O6. The van der Waals surface area contributed by atoms with E-state index in [0.29, 0.717) is 0 Å². The highest BCUT2D eigenvalue weighted by atomic mass is 16.4. The van der Waals surface area contributed by atoms with E-state index in [9.17, 15) is 19.8 Å². The number of aliphatic hydroxyl groups is 2. The lowest BCUT2D eigenvalue weighted by Gasteiger charge is -2.10. The fraction of sp³-hybridized carbons (Fsp3) is 0.833. The van der Waals surface area contributed by atoms with Gasteiger partial charge in [0.2, 0.25) is 0 Å². The molecule has 0 amide bonds. The Kier molecular flexibility index (Phi) is 31.0. The van der Waals surface area contributed by atoms with Crippen molar-refractivity contribution in [2.75, 3.05) is 0 Å². The summed E-state index contributed by atoms with van der Waals surface area (Å²) in [4.78, 5) is 20.9. The molecule has 0 bridgehead atoms. The molecule has 1 unspecified atom stereocenters.